The van der Waals surface area contributed by atoms with Gasteiger partial charge in [0, 0.05) is 6.20 Å². The number of aromatic nitrogens is 1. The molecule has 2 aromatic rings. The zero-order chi connectivity index (χ0) is 15.1. The molecule has 1 aromatic carbocycles. The minimum absolute atomic E-state index is 0.135. The Hall–Kier alpha value is -2.20. The second kappa shape index (κ2) is 7.55. The number of nitrogens with one attached hydrogen (secondary N) is 1. The molecular formula is C17H21N3O. The van der Waals surface area contributed by atoms with Crippen molar-refractivity contribution in [1.29, 1.82) is 0 Å². The summed E-state index contributed by atoms with van der Waals surface area (Å²) in [4.78, 5) is 16.3. The van der Waals surface area contributed by atoms with Crippen molar-refractivity contribution in [2.75, 3.05) is 0 Å². The van der Waals surface area contributed by atoms with E-state index in [0.29, 0.717) is 6.42 Å². The molecular weight excluding hydrogens is 262 g/mol. The quantitative estimate of drug-likeness (QED) is 0.854. The number of rotatable bonds is 6. The number of benzene rings is 1. The van der Waals surface area contributed by atoms with Crippen molar-refractivity contribution >= 4 is 5.91 Å². The molecule has 21 heavy (non-hydrogen) atoms. The Balaban J connectivity index is 1.82. The zero-order valence-electron chi connectivity index (χ0n) is 12.2. The van der Waals surface area contributed by atoms with E-state index >= 15 is 0 Å². The smallest absolute Gasteiger partial charge is 0.237 e. The lowest BCUT2D eigenvalue weighted by molar-refractivity contribution is -0.123. The summed E-state index contributed by atoms with van der Waals surface area (Å²) in [6, 6.07) is 15.0. The maximum Gasteiger partial charge on any atom is 0.237 e. The number of aryl methyl sites for hydroxylation is 1. The van der Waals surface area contributed by atoms with Gasteiger partial charge in [0.15, 0.2) is 0 Å². The molecule has 0 saturated heterocycles. The highest BCUT2D eigenvalue weighted by molar-refractivity contribution is 5.81. The average molecular weight is 283 g/mol. The van der Waals surface area contributed by atoms with Crippen LogP contribution in [0.4, 0.5) is 0 Å². The Labute approximate surface area is 125 Å². The van der Waals surface area contributed by atoms with Gasteiger partial charge in [-0.3, -0.25) is 9.78 Å². The third-order valence-corrected chi connectivity index (χ3v) is 3.41. The molecule has 1 heterocycles. The molecule has 1 aromatic heterocycles. The number of carbonyl (C=O) groups excluding carboxylic acids is 1. The lowest BCUT2D eigenvalue weighted by Crippen LogP contribution is -2.42. The van der Waals surface area contributed by atoms with Crippen LogP contribution >= 0.6 is 0 Å². The van der Waals surface area contributed by atoms with E-state index in [1.54, 1.807) is 6.20 Å². The van der Waals surface area contributed by atoms with Crippen molar-refractivity contribution in [3.63, 3.8) is 0 Å². The summed E-state index contributed by atoms with van der Waals surface area (Å²) in [6.45, 7) is 1.91. The van der Waals surface area contributed by atoms with Crippen LogP contribution in [0.2, 0.25) is 0 Å². The Morgan fingerprint density at radius 3 is 2.57 bits per heavy atom. The first-order valence-electron chi connectivity index (χ1n) is 7.17. The van der Waals surface area contributed by atoms with E-state index in [-0.39, 0.29) is 11.9 Å². The standard InChI is InChI=1S/C17H21N3O/c1-13(16-9-5-6-12-19-16)20-17(21)15(18)11-10-14-7-3-2-4-8-14/h2-9,12-13,15H,10-11,18H2,1H3,(H,20,21)/t13-,15+/m1/s1. The monoisotopic (exact) mass is 283 g/mol. The normalized spacial score (nSPS) is 13.4. The van der Waals surface area contributed by atoms with Crippen LogP contribution in [0.25, 0.3) is 0 Å². The van der Waals surface area contributed by atoms with Gasteiger partial charge < -0.3 is 11.1 Å². The second-order valence-electron chi connectivity index (χ2n) is 5.12. The molecule has 0 aliphatic rings. The third-order valence-electron chi connectivity index (χ3n) is 3.41. The summed E-state index contributed by atoms with van der Waals surface area (Å²) >= 11 is 0. The molecule has 4 heteroatoms. The summed E-state index contributed by atoms with van der Waals surface area (Å²) in [5.74, 6) is -0.135. The minimum atomic E-state index is -0.503. The van der Waals surface area contributed by atoms with Crippen LogP contribution in [-0.4, -0.2) is 16.9 Å². The number of nitrogens with two attached hydrogens (primary N) is 1. The van der Waals surface area contributed by atoms with E-state index in [2.05, 4.69) is 10.3 Å². The van der Waals surface area contributed by atoms with Gasteiger partial charge in [-0.1, -0.05) is 36.4 Å². The zero-order valence-corrected chi connectivity index (χ0v) is 12.2. The summed E-state index contributed by atoms with van der Waals surface area (Å²) in [6.07, 6.45) is 3.14. The molecule has 3 N–H and O–H groups in total. The van der Waals surface area contributed by atoms with Crippen molar-refractivity contribution in [3.8, 4) is 0 Å². The molecule has 4 nitrogen and oxygen atoms in total. The Morgan fingerprint density at radius 2 is 1.90 bits per heavy atom. The van der Waals surface area contributed by atoms with Crippen LogP contribution in [0.5, 0.6) is 0 Å². The van der Waals surface area contributed by atoms with Crippen molar-refractivity contribution in [2.24, 2.45) is 5.73 Å². The molecule has 0 fully saturated rings. The highest BCUT2D eigenvalue weighted by Gasteiger charge is 2.16. The molecule has 1 amide bonds. The number of hydrogen-bond donors (Lipinski definition) is 2. The molecule has 0 aliphatic heterocycles. The first-order chi connectivity index (χ1) is 10.2. The second-order valence-corrected chi connectivity index (χ2v) is 5.12. The van der Waals surface area contributed by atoms with Gasteiger partial charge in [-0.25, -0.2) is 0 Å². The number of amides is 1. The minimum Gasteiger partial charge on any atom is -0.347 e. The van der Waals surface area contributed by atoms with Gasteiger partial charge in [-0.15, -0.1) is 0 Å². The lowest BCUT2D eigenvalue weighted by atomic mass is 10.0. The lowest BCUT2D eigenvalue weighted by Gasteiger charge is -2.17. The van der Waals surface area contributed by atoms with Crippen LogP contribution in [0.3, 0.4) is 0 Å². The maximum atomic E-state index is 12.1. The van der Waals surface area contributed by atoms with Crippen LogP contribution in [0.1, 0.15) is 30.6 Å². The summed E-state index contributed by atoms with van der Waals surface area (Å²) in [5.41, 5.74) is 7.99. The van der Waals surface area contributed by atoms with E-state index in [1.165, 1.54) is 5.56 Å². The van der Waals surface area contributed by atoms with E-state index in [0.717, 1.165) is 12.1 Å². The van der Waals surface area contributed by atoms with Crippen molar-refractivity contribution in [2.45, 2.75) is 31.8 Å². The van der Waals surface area contributed by atoms with Gasteiger partial charge in [0.1, 0.15) is 0 Å². The van der Waals surface area contributed by atoms with Crippen molar-refractivity contribution in [3.05, 3.63) is 66.0 Å². The van der Waals surface area contributed by atoms with E-state index < -0.39 is 6.04 Å². The molecule has 0 radical (unpaired) electrons. The van der Waals surface area contributed by atoms with Gasteiger partial charge in [-0.05, 0) is 37.5 Å². The molecule has 0 saturated carbocycles. The van der Waals surface area contributed by atoms with Crippen LogP contribution in [-0.2, 0) is 11.2 Å². The first kappa shape index (κ1) is 15.2. The van der Waals surface area contributed by atoms with Crippen LogP contribution < -0.4 is 11.1 Å². The van der Waals surface area contributed by atoms with Crippen LogP contribution in [0, 0.1) is 0 Å². The summed E-state index contributed by atoms with van der Waals surface area (Å²) in [7, 11) is 0. The van der Waals surface area contributed by atoms with E-state index in [4.69, 9.17) is 5.73 Å². The Morgan fingerprint density at radius 1 is 1.19 bits per heavy atom. The molecule has 2 rings (SSSR count). The molecule has 0 bridgehead atoms. The predicted molar refractivity (Wildman–Crippen MR) is 83.5 cm³/mol. The van der Waals surface area contributed by atoms with Gasteiger partial charge in [0.05, 0.1) is 17.8 Å². The number of carbonyl (C=O) groups is 1. The summed E-state index contributed by atoms with van der Waals surface area (Å²) in [5, 5.41) is 2.91. The van der Waals surface area contributed by atoms with Crippen molar-refractivity contribution < 1.29 is 4.79 Å². The van der Waals surface area contributed by atoms with Crippen LogP contribution in [0.15, 0.2) is 54.7 Å². The van der Waals surface area contributed by atoms with Gasteiger partial charge >= 0.3 is 0 Å². The highest BCUT2D eigenvalue weighted by atomic mass is 16.2. The topological polar surface area (TPSA) is 68.0 Å². The number of pyridine rings is 1. The maximum absolute atomic E-state index is 12.1. The highest BCUT2D eigenvalue weighted by Crippen LogP contribution is 2.09. The SMILES string of the molecule is C[C@@H](NC(=O)[C@@H](N)CCc1ccccc1)c1ccccn1. The number of hydrogen-bond acceptors (Lipinski definition) is 3. The van der Waals surface area contributed by atoms with Gasteiger partial charge in [0.2, 0.25) is 5.91 Å². The van der Waals surface area contributed by atoms with E-state index in [1.807, 2.05) is 55.5 Å². The first-order valence-corrected chi connectivity index (χ1v) is 7.17. The summed E-state index contributed by atoms with van der Waals surface area (Å²) < 4.78 is 0. The van der Waals surface area contributed by atoms with Crippen molar-refractivity contribution in [1.82, 2.24) is 10.3 Å². The van der Waals surface area contributed by atoms with Gasteiger partial charge in [-0.2, -0.15) is 0 Å². The molecule has 110 valence electrons. The Kier molecular flexibility index (Phi) is 5.46. The predicted octanol–water partition coefficient (Wildman–Crippen LogP) is 2.22. The molecule has 0 spiro atoms. The molecule has 2 atom stereocenters. The Bertz CT molecular complexity index is 557. The fourth-order valence-corrected chi connectivity index (χ4v) is 2.12. The fourth-order valence-electron chi connectivity index (χ4n) is 2.12. The largest absolute Gasteiger partial charge is 0.347 e. The molecule has 0 unspecified atom stereocenters. The van der Waals surface area contributed by atoms with E-state index in [9.17, 15) is 4.79 Å². The fraction of sp³-hybridized carbons (Fsp3) is 0.294. The molecule has 0 aliphatic carbocycles. The number of nitrogens with zero attached hydrogens (tertiary/aromatic N) is 1. The third kappa shape index (κ3) is 4.68. The average Bonchev–Trinajstić information content (AvgIpc) is 2.54. The van der Waals surface area contributed by atoms with Gasteiger partial charge in [0.25, 0.3) is 0 Å².